The van der Waals surface area contributed by atoms with E-state index in [1.54, 1.807) is 50.3 Å². The summed E-state index contributed by atoms with van der Waals surface area (Å²) in [5.74, 6) is -0.907. The molecule has 0 aromatic rings. The first-order chi connectivity index (χ1) is 24.0. The Kier molecular flexibility index (Phi) is 45.9. The van der Waals surface area contributed by atoms with Crippen LogP contribution in [0.25, 0.3) is 0 Å². The van der Waals surface area contributed by atoms with E-state index in [1.807, 2.05) is 0 Å². The SMILES string of the molecule is CCCCCCCCCCCCCC(=O)[O-].CCCCCCCCCCCCCC[P+](CCCCCC)(CCCCCC)CCCCCC. The van der Waals surface area contributed by atoms with Crippen LogP contribution in [0.3, 0.4) is 0 Å². The predicted molar refractivity (Wildman–Crippen MR) is 226 cm³/mol. The molecule has 49 heavy (non-hydrogen) atoms. The highest BCUT2D eigenvalue weighted by molar-refractivity contribution is 7.75. The minimum absolute atomic E-state index is 0.233. The Bertz CT molecular complexity index is 575. The molecule has 2 nitrogen and oxygen atoms in total. The maximum absolute atomic E-state index is 10.1. The molecular formula is C46H95O2P. The summed E-state index contributed by atoms with van der Waals surface area (Å²) >= 11 is 0. The van der Waals surface area contributed by atoms with Crippen LogP contribution < -0.4 is 5.11 Å². The summed E-state index contributed by atoms with van der Waals surface area (Å²) in [7, 11) is -0.697. The molecule has 0 bridgehead atoms. The third-order valence-corrected chi connectivity index (χ3v) is 16.0. The Labute approximate surface area is 312 Å². The molecule has 0 fully saturated rings. The van der Waals surface area contributed by atoms with Gasteiger partial charge in [-0.15, -0.1) is 0 Å². The van der Waals surface area contributed by atoms with Crippen molar-refractivity contribution in [3.05, 3.63) is 0 Å². The van der Waals surface area contributed by atoms with Crippen LogP contribution in [-0.4, -0.2) is 30.6 Å². The Morgan fingerprint density at radius 1 is 0.306 bits per heavy atom. The number of carbonyl (C=O) groups excluding carboxylic acids is 1. The number of hydrogen-bond acceptors (Lipinski definition) is 2. The first-order valence-corrected chi connectivity index (χ1v) is 25.6. The van der Waals surface area contributed by atoms with Crippen molar-refractivity contribution in [3.63, 3.8) is 0 Å². The van der Waals surface area contributed by atoms with Crippen molar-refractivity contribution in [1.82, 2.24) is 0 Å². The lowest BCUT2D eigenvalue weighted by Crippen LogP contribution is -2.21. The first kappa shape index (κ1) is 51.0. The summed E-state index contributed by atoms with van der Waals surface area (Å²) in [4.78, 5) is 10.1. The van der Waals surface area contributed by atoms with Crippen molar-refractivity contribution in [2.75, 3.05) is 24.6 Å². The second-order valence-electron chi connectivity index (χ2n) is 16.0. The smallest absolute Gasteiger partial charge is 0.0594 e. The zero-order valence-electron chi connectivity index (χ0n) is 35.0. The molecule has 0 aliphatic carbocycles. The van der Waals surface area contributed by atoms with Crippen molar-refractivity contribution < 1.29 is 9.90 Å². The average molecular weight is 711 g/mol. The van der Waals surface area contributed by atoms with Gasteiger partial charge in [0.15, 0.2) is 0 Å². The van der Waals surface area contributed by atoms with Crippen LogP contribution in [-0.2, 0) is 4.79 Å². The predicted octanol–water partition coefficient (Wildman–Crippen LogP) is 15.9. The van der Waals surface area contributed by atoms with Gasteiger partial charge < -0.3 is 9.90 Å². The van der Waals surface area contributed by atoms with Crippen LogP contribution in [0.15, 0.2) is 0 Å². The van der Waals surface area contributed by atoms with Crippen molar-refractivity contribution in [3.8, 4) is 0 Å². The molecule has 0 N–H and O–H groups in total. The van der Waals surface area contributed by atoms with Crippen LogP contribution in [0.5, 0.6) is 0 Å². The van der Waals surface area contributed by atoms with Crippen LogP contribution >= 0.6 is 7.26 Å². The summed E-state index contributed by atoms with van der Waals surface area (Å²) in [6.45, 7) is 11.7. The summed E-state index contributed by atoms with van der Waals surface area (Å²) in [5, 5.41) is 10.1. The van der Waals surface area contributed by atoms with E-state index < -0.39 is 13.2 Å². The third kappa shape index (κ3) is 42.2. The van der Waals surface area contributed by atoms with E-state index >= 15 is 0 Å². The largest absolute Gasteiger partial charge is 0.550 e. The minimum atomic E-state index is -0.907. The third-order valence-electron chi connectivity index (χ3n) is 10.9. The quantitative estimate of drug-likeness (QED) is 0.0469. The zero-order chi connectivity index (χ0) is 36.4. The van der Waals surface area contributed by atoms with Crippen molar-refractivity contribution in [2.24, 2.45) is 0 Å². The number of unbranched alkanes of at least 4 members (excludes halogenated alkanes) is 30. The molecule has 0 saturated heterocycles. The van der Waals surface area contributed by atoms with Gasteiger partial charge in [0.25, 0.3) is 0 Å². The molecule has 0 radical (unpaired) electrons. The number of aliphatic carboxylic acids is 1. The molecular weight excluding hydrogens is 615 g/mol. The average Bonchev–Trinajstić information content (AvgIpc) is 3.10. The van der Waals surface area contributed by atoms with Gasteiger partial charge in [-0.25, -0.2) is 0 Å². The molecule has 0 spiro atoms. The minimum Gasteiger partial charge on any atom is -0.550 e. The summed E-state index contributed by atoms with van der Waals surface area (Å²) in [5.41, 5.74) is 0. The first-order valence-electron chi connectivity index (χ1n) is 23.1. The van der Waals surface area contributed by atoms with Crippen LogP contribution in [0, 0.1) is 0 Å². The van der Waals surface area contributed by atoms with Crippen LogP contribution in [0.2, 0.25) is 0 Å². The standard InChI is InChI=1S/C32H68P.C14H28O2/c1-5-9-13-17-18-19-20-21-22-23-24-28-32-33(29-25-14-10-6-2,30-26-15-11-7-3)31-27-16-12-8-4;1-2-3-4-5-6-7-8-9-10-11-12-13-14(15)16/h5-32H2,1-4H3;2-13H2,1H3,(H,15,16)/q+1;/p-1. The number of carboxylic acid groups (broad SMARTS) is 1. The Hall–Kier alpha value is -0.100. The number of rotatable bonds is 40. The molecule has 0 saturated carbocycles. The van der Waals surface area contributed by atoms with E-state index in [0.29, 0.717) is 0 Å². The summed E-state index contributed by atoms with van der Waals surface area (Å²) in [6, 6.07) is 0. The molecule has 0 unspecified atom stereocenters. The highest BCUT2D eigenvalue weighted by Crippen LogP contribution is 2.61. The fourth-order valence-electron chi connectivity index (χ4n) is 7.51. The Morgan fingerprint density at radius 2 is 0.490 bits per heavy atom. The molecule has 0 aromatic carbocycles. The molecule has 0 amide bonds. The van der Waals surface area contributed by atoms with E-state index in [2.05, 4.69) is 34.6 Å². The van der Waals surface area contributed by atoms with E-state index in [-0.39, 0.29) is 6.42 Å². The number of carbonyl (C=O) groups is 1. The zero-order valence-corrected chi connectivity index (χ0v) is 35.9. The van der Waals surface area contributed by atoms with Gasteiger partial charge in [0.1, 0.15) is 0 Å². The van der Waals surface area contributed by atoms with Gasteiger partial charge in [-0.1, -0.05) is 202 Å². The van der Waals surface area contributed by atoms with E-state index in [1.165, 1.54) is 186 Å². The van der Waals surface area contributed by atoms with Gasteiger partial charge in [-0.2, -0.15) is 0 Å². The molecule has 0 aliphatic rings. The molecule has 0 aliphatic heterocycles. The normalized spacial score (nSPS) is 11.5. The second-order valence-corrected chi connectivity index (χ2v) is 20.4. The maximum Gasteiger partial charge on any atom is 0.0594 e. The van der Waals surface area contributed by atoms with Crippen molar-refractivity contribution >= 4 is 13.2 Å². The fourth-order valence-corrected chi connectivity index (χ4v) is 12.4. The molecule has 0 atom stereocenters. The van der Waals surface area contributed by atoms with Gasteiger partial charge in [0.05, 0.1) is 24.6 Å². The monoisotopic (exact) mass is 711 g/mol. The highest BCUT2D eigenvalue weighted by Gasteiger charge is 2.34. The maximum atomic E-state index is 10.1. The van der Waals surface area contributed by atoms with Crippen LogP contribution in [0.4, 0.5) is 0 Å². The van der Waals surface area contributed by atoms with E-state index in [9.17, 15) is 9.90 Å². The molecule has 0 aromatic heterocycles. The van der Waals surface area contributed by atoms with E-state index in [4.69, 9.17) is 0 Å². The molecule has 3 heteroatoms. The molecule has 0 rings (SSSR count). The van der Waals surface area contributed by atoms with Gasteiger partial charge in [-0.05, 0) is 64.2 Å². The second kappa shape index (κ2) is 44.1. The lowest BCUT2D eigenvalue weighted by molar-refractivity contribution is -0.305. The number of carboxylic acids is 1. The lowest BCUT2D eigenvalue weighted by Gasteiger charge is -2.28. The van der Waals surface area contributed by atoms with Gasteiger partial charge in [-0.3, -0.25) is 0 Å². The Morgan fingerprint density at radius 3 is 0.714 bits per heavy atom. The van der Waals surface area contributed by atoms with Gasteiger partial charge >= 0.3 is 0 Å². The molecule has 296 valence electrons. The topological polar surface area (TPSA) is 40.1 Å². The van der Waals surface area contributed by atoms with Gasteiger partial charge in [0.2, 0.25) is 0 Å². The fraction of sp³-hybridized carbons (Fsp3) is 0.978. The van der Waals surface area contributed by atoms with Crippen molar-refractivity contribution in [1.29, 1.82) is 0 Å². The van der Waals surface area contributed by atoms with Crippen LogP contribution in [0.1, 0.15) is 266 Å². The van der Waals surface area contributed by atoms with E-state index in [0.717, 1.165) is 12.8 Å². The summed E-state index contributed by atoms with van der Waals surface area (Å²) in [6.07, 6.45) is 56.1. The highest BCUT2D eigenvalue weighted by atomic mass is 31.2. The molecule has 0 heterocycles. The van der Waals surface area contributed by atoms with Gasteiger partial charge in [0, 0.05) is 13.2 Å². The number of hydrogen-bond donors (Lipinski definition) is 0. The van der Waals surface area contributed by atoms with Crippen molar-refractivity contribution in [2.45, 2.75) is 266 Å². The lowest BCUT2D eigenvalue weighted by atomic mass is 10.1. The summed E-state index contributed by atoms with van der Waals surface area (Å²) < 4.78 is 0. The Balaban J connectivity index is 0.